The quantitative estimate of drug-likeness (QED) is 0.924. The van der Waals surface area contributed by atoms with Crippen molar-refractivity contribution in [1.82, 2.24) is 9.97 Å². The molecule has 0 aliphatic carbocycles. The summed E-state index contributed by atoms with van der Waals surface area (Å²) in [7, 11) is 0. The van der Waals surface area contributed by atoms with E-state index in [0.717, 1.165) is 0 Å². The van der Waals surface area contributed by atoms with Gasteiger partial charge < -0.3 is 5.32 Å². The van der Waals surface area contributed by atoms with Gasteiger partial charge in [-0.05, 0) is 31.2 Å². The van der Waals surface area contributed by atoms with Crippen LogP contribution in [-0.4, -0.2) is 9.97 Å². The summed E-state index contributed by atoms with van der Waals surface area (Å²) in [6, 6.07) is 8.09. The Bertz CT molecular complexity index is 636. The summed E-state index contributed by atoms with van der Waals surface area (Å²) in [5.74, 6) is -0.222. The molecule has 0 saturated carbocycles. The minimum atomic E-state index is -0.423. The smallest absolute Gasteiger partial charge is 0.228 e. The number of nitriles is 1. The molecule has 18 heavy (non-hydrogen) atoms. The summed E-state index contributed by atoms with van der Waals surface area (Å²) < 4.78 is 14.3. The Labute approximate surface area is 112 Å². The highest BCUT2D eigenvalue weighted by atomic mass is 79.9. The van der Waals surface area contributed by atoms with Crippen LogP contribution in [0.1, 0.15) is 11.4 Å². The van der Waals surface area contributed by atoms with E-state index in [4.69, 9.17) is 5.26 Å². The van der Waals surface area contributed by atoms with Gasteiger partial charge in [0, 0.05) is 10.2 Å². The van der Waals surface area contributed by atoms with Crippen molar-refractivity contribution in [3.05, 3.63) is 45.9 Å². The molecule has 0 aliphatic heterocycles. The zero-order valence-corrected chi connectivity index (χ0v) is 11.0. The molecule has 0 saturated heterocycles. The monoisotopic (exact) mass is 306 g/mol. The van der Waals surface area contributed by atoms with E-state index in [-0.39, 0.29) is 17.3 Å². The summed E-state index contributed by atoms with van der Waals surface area (Å²) in [5.41, 5.74) is 1.14. The summed E-state index contributed by atoms with van der Waals surface area (Å²) in [6.45, 7) is 1.74. The van der Waals surface area contributed by atoms with Crippen LogP contribution in [0.4, 0.5) is 16.0 Å². The number of benzene rings is 1. The van der Waals surface area contributed by atoms with Crippen LogP contribution in [0.2, 0.25) is 0 Å². The van der Waals surface area contributed by atoms with E-state index in [1.54, 1.807) is 25.1 Å². The van der Waals surface area contributed by atoms with Crippen LogP contribution in [0.5, 0.6) is 0 Å². The van der Waals surface area contributed by atoms with Crippen molar-refractivity contribution in [2.24, 2.45) is 0 Å². The molecular formula is C12H8BrFN4. The van der Waals surface area contributed by atoms with Crippen LogP contribution in [0.15, 0.2) is 28.7 Å². The molecule has 1 N–H and O–H groups in total. The van der Waals surface area contributed by atoms with E-state index < -0.39 is 5.82 Å². The summed E-state index contributed by atoms with van der Waals surface area (Å²) in [5, 5.41) is 11.5. The van der Waals surface area contributed by atoms with Gasteiger partial charge in [0.05, 0.1) is 5.69 Å². The van der Waals surface area contributed by atoms with Gasteiger partial charge in [-0.25, -0.2) is 14.4 Å². The number of nitrogens with one attached hydrogen (secondary N) is 1. The second-order valence-corrected chi connectivity index (χ2v) is 4.49. The van der Waals surface area contributed by atoms with Gasteiger partial charge in [0.1, 0.15) is 17.6 Å². The molecule has 6 heteroatoms. The Hall–Kier alpha value is -2.00. The molecule has 1 aromatic heterocycles. The van der Waals surface area contributed by atoms with Crippen molar-refractivity contribution >= 4 is 27.6 Å². The molecule has 2 aromatic rings. The molecule has 90 valence electrons. The fourth-order valence-electron chi connectivity index (χ4n) is 1.39. The average Bonchev–Trinajstić information content (AvgIpc) is 2.32. The molecule has 0 radical (unpaired) electrons. The number of hydrogen-bond donors (Lipinski definition) is 1. The van der Waals surface area contributed by atoms with Gasteiger partial charge >= 0.3 is 0 Å². The van der Waals surface area contributed by atoms with Gasteiger partial charge in [-0.2, -0.15) is 5.26 Å². The predicted molar refractivity (Wildman–Crippen MR) is 68.9 cm³/mol. The highest BCUT2D eigenvalue weighted by molar-refractivity contribution is 9.10. The van der Waals surface area contributed by atoms with E-state index in [1.807, 2.05) is 6.07 Å². The Balaban J connectivity index is 2.34. The van der Waals surface area contributed by atoms with E-state index in [2.05, 4.69) is 31.2 Å². The number of anilines is 2. The third-order valence-electron chi connectivity index (χ3n) is 2.15. The Morgan fingerprint density at radius 2 is 2.11 bits per heavy atom. The minimum Gasteiger partial charge on any atom is -0.322 e. The van der Waals surface area contributed by atoms with Crippen molar-refractivity contribution in [3.63, 3.8) is 0 Å². The average molecular weight is 307 g/mol. The first-order chi connectivity index (χ1) is 8.58. The topological polar surface area (TPSA) is 61.6 Å². The molecule has 0 unspecified atom stereocenters. The minimum absolute atomic E-state index is 0.202. The fourth-order valence-corrected chi connectivity index (χ4v) is 1.73. The maximum Gasteiger partial charge on any atom is 0.228 e. The lowest BCUT2D eigenvalue weighted by molar-refractivity contribution is 0.630. The molecule has 0 amide bonds. The fraction of sp³-hybridized carbons (Fsp3) is 0.0833. The first kappa shape index (κ1) is 12.5. The van der Waals surface area contributed by atoms with Crippen LogP contribution in [0.3, 0.4) is 0 Å². The van der Waals surface area contributed by atoms with Gasteiger partial charge in [-0.3, -0.25) is 0 Å². The third-order valence-corrected chi connectivity index (χ3v) is 2.64. The van der Waals surface area contributed by atoms with Gasteiger partial charge in [0.15, 0.2) is 0 Å². The highest BCUT2D eigenvalue weighted by Crippen LogP contribution is 2.21. The van der Waals surface area contributed by atoms with Crippen molar-refractivity contribution < 1.29 is 4.39 Å². The zero-order valence-electron chi connectivity index (χ0n) is 9.41. The second-order valence-electron chi connectivity index (χ2n) is 3.58. The molecule has 1 aromatic carbocycles. The Kier molecular flexibility index (Phi) is 3.53. The summed E-state index contributed by atoms with van der Waals surface area (Å²) in [6.07, 6.45) is 0. The molecule has 0 fully saturated rings. The van der Waals surface area contributed by atoms with Crippen LogP contribution < -0.4 is 5.32 Å². The molecule has 0 bridgehead atoms. The molecule has 4 nitrogen and oxygen atoms in total. The number of hydrogen-bond acceptors (Lipinski definition) is 4. The van der Waals surface area contributed by atoms with E-state index >= 15 is 0 Å². The number of halogens is 2. The van der Waals surface area contributed by atoms with Crippen LogP contribution in [-0.2, 0) is 0 Å². The molecule has 0 aliphatic rings. The SMILES string of the molecule is Cc1cc(C#N)nc(Nc2ccc(Br)cc2F)n1. The molecule has 0 spiro atoms. The highest BCUT2D eigenvalue weighted by Gasteiger charge is 2.06. The van der Waals surface area contributed by atoms with Gasteiger partial charge in [0.25, 0.3) is 0 Å². The van der Waals surface area contributed by atoms with Gasteiger partial charge in [0.2, 0.25) is 5.95 Å². The van der Waals surface area contributed by atoms with E-state index in [0.29, 0.717) is 10.2 Å². The molecule has 0 atom stereocenters. The summed E-state index contributed by atoms with van der Waals surface area (Å²) >= 11 is 3.17. The molecular weight excluding hydrogens is 299 g/mol. The number of aryl methyl sites for hydroxylation is 1. The maximum atomic E-state index is 13.6. The first-order valence-corrected chi connectivity index (χ1v) is 5.85. The van der Waals surface area contributed by atoms with Crippen LogP contribution in [0, 0.1) is 24.1 Å². The van der Waals surface area contributed by atoms with Crippen LogP contribution >= 0.6 is 15.9 Å². The largest absolute Gasteiger partial charge is 0.322 e. The summed E-state index contributed by atoms with van der Waals surface area (Å²) in [4.78, 5) is 8.04. The lowest BCUT2D eigenvalue weighted by Gasteiger charge is -2.07. The number of rotatable bonds is 2. The van der Waals surface area contributed by atoms with Crippen molar-refractivity contribution in [3.8, 4) is 6.07 Å². The second kappa shape index (κ2) is 5.10. The van der Waals surface area contributed by atoms with E-state index in [9.17, 15) is 4.39 Å². The van der Waals surface area contributed by atoms with Crippen molar-refractivity contribution in [2.45, 2.75) is 6.92 Å². The molecule has 1 heterocycles. The van der Waals surface area contributed by atoms with Crippen LogP contribution in [0.25, 0.3) is 0 Å². The van der Waals surface area contributed by atoms with E-state index in [1.165, 1.54) is 6.07 Å². The van der Waals surface area contributed by atoms with Gasteiger partial charge in [-0.15, -0.1) is 0 Å². The molecule has 2 rings (SSSR count). The predicted octanol–water partition coefficient (Wildman–Crippen LogP) is 3.30. The zero-order chi connectivity index (χ0) is 13.1. The van der Waals surface area contributed by atoms with Gasteiger partial charge in [-0.1, -0.05) is 15.9 Å². The van der Waals surface area contributed by atoms with Crippen molar-refractivity contribution in [2.75, 3.05) is 5.32 Å². The normalized spacial score (nSPS) is 9.89. The van der Waals surface area contributed by atoms with Crippen molar-refractivity contribution in [1.29, 1.82) is 5.26 Å². The standard InChI is InChI=1S/C12H8BrFN4/c1-7-4-9(6-15)17-12(16-7)18-11-3-2-8(13)5-10(11)14/h2-5H,1H3,(H,16,17,18). The number of aromatic nitrogens is 2. The lowest BCUT2D eigenvalue weighted by atomic mass is 10.3. The third kappa shape index (κ3) is 2.81. The lowest BCUT2D eigenvalue weighted by Crippen LogP contribution is -2.01. The number of nitrogens with zero attached hydrogens (tertiary/aromatic N) is 3. The maximum absolute atomic E-state index is 13.6. The first-order valence-electron chi connectivity index (χ1n) is 5.06. The Morgan fingerprint density at radius 1 is 1.33 bits per heavy atom. The Morgan fingerprint density at radius 3 is 2.78 bits per heavy atom.